The Morgan fingerprint density at radius 1 is 1.24 bits per heavy atom. The largest absolute Gasteiger partial charge is 0.352 e. The van der Waals surface area contributed by atoms with Gasteiger partial charge < -0.3 is 16.0 Å². The van der Waals surface area contributed by atoms with Crippen molar-refractivity contribution in [2.24, 2.45) is 5.73 Å². The van der Waals surface area contributed by atoms with Crippen molar-refractivity contribution < 1.29 is 9.18 Å². The number of hydrogen-bond donors (Lipinski definition) is 4. The van der Waals surface area contributed by atoms with Gasteiger partial charge in [0, 0.05) is 23.1 Å². The van der Waals surface area contributed by atoms with Gasteiger partial charge in [-0.05, 0) is 43.3 Å². The van der Waals surface area contributed by atoms with E-state index in [9.17, 15) is 9.18 Å². The van der Waals surface area contributed by atoms with Crippen molar-refractivity contribution in [3.05, 3.63) is 59.0 Å². The van der Waals surface area contributed by atoms with Gasteiger partial charge in [-0.2, -0.15) is 5.10 Å². The lowest BCUT2D eigenvalue weighted by Gasteiger charge is -2.04. The van der Waals surface area contributed by atoms with Crippen LogP contribution in [0.5, 0.6) is 0 Å². The van der Waals surface area contributed by atoms with Crippen LogP contribution in [0, 0.1) is 5.82 Å². The molecular formula is C20H18ClFN6O. The number of hydrogen-bond acceptors (Lipinski definition) is 4. The Labute approximate surface area is 170 Å². The van der Waals surface area contributed by atoms with Crippen LogP contribution < -0.4 is 11.1 Å². The Morgan fingerprint density at radius 2 is 2.10 bits per heavy atom. The fraction of sp³-hybridized carbons (Fsp3) is 0.150. The maximum Gasteiger partial charge on any atom is 0.251 e. The maximum atomic E-state index is 13.8. The lowest BCUT2D eigenvalue weighted by atomic mass is 10.1. The first-order valence-corrected chi connectivity index (χ1v) is 9.42. The summed E-state index contributed by atoms with van der Waals surface area (Å²) in [6, 6.07) is 9.82. The molecule has 5 N–H and O–H groups in total. The van der Waals surface area contributed by atoms with Gasteiger partial charge in [0.2, 0.25) is 0 Å². The van der Waals surface area contributed by atoms with E-state index >= 15 is 0 Å². The number of aromatic nitrogens is 4. The molecule has 148 valence electrons. The number of benzene rings is 2. The normalized spacial score (nSPS) is 11.1. The molecule has 2 heterocycles. The number of nitrogens with one attached hydrogen (secondary N) is 3. The summed E-state index contributed by atoms with van der Waals surface area (Å²) < 4.78 is 13.8. The lowest BCUT2D eigenvalue weighted by Crippen LogP contribution is -2.25. The molecule has 0 bridgehead atoms. The Bertz CT molecular complexity index is 1180. The van der Waals surface area contributed by atoms with Gasteiger partial charge in [-0.1, -0.05) is 17.7 Å². The Morgan fingerprint density at radius 3 is 2.90 bits per heavy atom. The van der Waals surface area contributed by atoms with E-state index in [1.165, 1.54) is 12.1 Å². The number of H-pyrrole nitrogens is 2. The molecule has 29 heavy (non-hydrogen) atoms. The second-order valence-electron chi connectivity index (χ2n) is 6.51. The Hall–Kier alpha value is -3.23. The zero-order valence-corrected chi connectivity index (χ0v) is 16.1. The van der Waals surface area contributed by atoms with Crippen LogP contribution in [0.4, 0.5) is 4.39 Å². The van der Waals surface area contributed by atoms with E-state index in [1.54, 1.807) is 30.5 Å². The minimum atomic E-state index is -0.504. The third kappa shape index (κ3) is 3.85. The summed E-state index contributed by atoms with van der Waals surface area (Å²) in [4.78, 5) is 19.8. The number of nitrogens with zero attached hydrogens (tertiary/aromatic N) is 2. The van der Waals surface area contributed by atoms with Crippen molar-refractivity contribution in [1.29, 1.82) is 0 Å². The highest BCUT2D eigenvalue weighted by molar-refractivity contribution is 6.30. The summed E-state index contributed by atoms with van der Waals surface area (Å²) in [7, 11) is 0. The lowest BCUT2D eigenvalue weighted by molar-refractivity contribution is 0.0953. The molecule has 2 aromatic carbocycles. The van der Waals surface area contributed by atoms with E-state index in [4.69, 9.17) is 17.3 Å². The summed E-state index contributed by atoms with van der Waals surface area (Å²) in [6.07, 6.45) is 2.31. The van der Waals surface area contributed by atoms with Gasteiger partial charge in [-0.25, -0.2) is 9.37 Å². The molecule has 0 aliphatic heterocycles. The SMILES string of the molecule is NCCCNC(=O)c1ccc2[nH]nc(-c3ncc(-c4ccc(Cl)c(F)c4)[nH]3)c2c1. The van der Waals surface area contributed by atoms with E-state index < -0.39 is 5.82 Å². The van der Waals surface area contributed by atoms with Gasteiger partial charge in [0.15, 0.2) is 5.82 Å². The van der Waals surface area contributed by atoms with E-state index in [0.29, 0.717) is 47.8 Å². The van der Waals surface area contributed by atoms with Gasteiger partial charge in [-0.15, -0.1) is 0 Å². The summed E-state index contributed by atoms with van der Waals surface area (Å²) in [5, 5.41) is 10.9. The van der Waals surface area contributed by atoms with Crippen molar-refractivity contribution in [3.8, 4) is 22.8 Å². The summed E-state index contributed by atoms with van der Waals surface area (Å²) in [5.41, 5.74) is 8.56. The quantitative estimate of drug-likeness (QED) is 0.363. The third-order valence-corrected chi connectivity index (χ3v) is 4.83. The smallest absolute Gasteiger partial charge is 0.251 e. The highest BCUT2D eigenvalue weighted by Crippen LogP contribution is 2.28. The van der Waals surface area contributed by atoms with Crippen molar-refractivity contribution >= 4 is 28.4 Å². The molecule has 0 saturated heterocycles. The summed E-state index contributed by atoms with van der Waals surface area (Å²) in [6.45, 7) is 1.04. The second-order valence-corrected chi connectivity index (χ2v) is 6.91. The van der Waals surface area contributed by atoms with E-state index in [2.05, 4.69) is 25.5 Å². The van der Waals surface area contributed by atoms with E-state index in [1.807, 2.05) is 0 Å². The minimum absolute atomic E-state index is 0.0593. The fourth-order valence-corrected chi connectivity index (χ4v) is 3.11. The molecule has 0 aliphatic carbocycles. The van der Waals surface area contributed by atoms with Crippen molar-refractivity contribution in [3.63, 3.8) is 0 Å². The fourth-order valence-electron chi connectivity index (χ4n) is 2.99. The number of nitrogens with two attached hydrogens (primary N) is 1. The highest BCUT2D eigenvalue weighted by Gasteiger charge is 2.15. The minimum Gasteiger partial charge on any atom is -0.352 e. The third-order valence-electron chi connectivity index (χ3n) is 4.52. The molecule has 0 fully saturated rings. The topological polar surface area (TPSA) is 112 Å². The van der Waals surface area contributed by atoms with Crippen LogP contribution in [0.1, 0.15) is 16.8 Å². The zero-order chi connectivity index (χ0) is 20.4. The zero-order valence-electron chi connectivity index (χ0n) is 15.3. The number of carbonyl (C=O) groups is 1. The monoisotopic (exact) mass is 412 g/mol. The van der Waals surface area contributed by atoms with Crippen molar-refractivity contribution in [2.45, 2.75) is 6.42 Å². The van der Waals surface area contributed by atoms with E-state index in [-0.39, 0.29) is 10.9 Å². The molecular weight excluding hydrogens is 395 g/mol. The Balaban J connectivity index is 1.66. The van der Waals surface area contributed by atoms with Crippen LogP contribution in [-0.4, -0.2) is 39.2 Å². The molecule has 9 heteroatoms. The van der Waals surface area contributed by atoms with Crippen LogP contribution in [0.2, 0.25) is 5.02 Å². The number of amides is 1. The molecule has 0 unspecified atom stereocenters. The van der Waals surface area contributed by atoms with Crippen LogP contribution in [-0.2, 0) is 0 Å². The average Bonchev–Trinajstić information content (AvgIpc) is 3.36. The number of imidazole rings is 1. The molecule has 0 saturated carbocycles. The molecule has 2 aromatic heterocycles. The molecule has 4 aromatic rings. The number of halogens is 2. The second kappa shape index (κ2) is 8.02. The number of carbonyl (C=O) groups excluding carboxylic acids is 1. The molecule has 0 spiro atoms. The highest BCUT2D eigenvalue weighted by atomic mass is 35.5. The standard InChI is InChI=1S/C20H18ClFN6O/c21-14-4-2-11(9-15(14)22)17-10-25-19(26-17)18-13-8-12(3-5-16(13)27-28-18)20(29)24-7-1-6-23/h2-5,8-10H,1,6-7,23H2,(H,24,29)(H,25,26)(H,27,28). The summed E-state index contributed by atoms with van der Waals surface area (Å²) in [5.74, 6) is -0.178. The van der Waals surface area contributed by atoms with Crippen LogP contribution >= 0.6 is 11.6 Å². The van der Waals surface area contributed by atoms with Gasteiger partial charge in [0.25, 0.3) is 5.91 Å². The van der Waals surface area contributed by atoms with Crippen molar-refractivity contribution in [1.82, 2.24) is 25.5 Å². The summed E-state index contributed by atoms with van der Waals surface area (Å²) >= 11 is 5.75. The van der Waals surface area contributed by atoms with Gasteiger partial charge in [0.05, 0.1) is 22.4 Å². The first kappa shape index (κ1) is 19.1. The molecule has 1 amide bonds. The van der Waals surface area contributed by atoms with Crippen LogP contribution in [0.25, 0.3) is 33.7 Å². The molecule has 0 radical (unpaired) electrons. The number of rotatable bonds is 6. The molecule has 4 rings (SSSR count). The first-order valence-electron chi connectivity index (χ1n) is 9.04. The van der Waals surface area contributed by atoms with Gasteiger partial charge >= 0.3 is 0 Å². The predicted molar refractivity (Wildman–Crippen MR) is 110 cm³/mol. The maximum absolute atomic E-state index is 13.8. The van der Waals surface area contributed by atoms with Crippen molar-refractivity contribution in [2.75, 3.05) is 13.1 Å². The van der Waals surface area contributed by atoms with E-state index in [0.717, 1.165) is 10.9 Å². The molecule has 7 nitrogen and oxygen atoms in total. The first-order chi connectivity index (χ1) is 14.1. The average molecular weight is 413 g/mol. The van der Waals surface area contributed by atoms with Crippen LogP contribution in [0.15, 0.2) is 42.6 Å². The van der Waals surface area contributed by atoms with Gasteiger partial charge in [0.1, 0.15) is 11.5 Å². The molecule has 0 atom stereocenters. The number of aromatic amines is 2. The van der Waals surface area contributed by atoms with Gasteiger partial charge in [-0.3, -0.25) is 9.89 Å². The number of fused-ring (bicyclic) bond motifs is 1. The predicted octanol–water partition coefficient (Wildman–Crippen LogP) is 3.49. The van der Waals surface area contributed by atoms with Crippen LogP contribution in [0.3, 0.4) is 0 Å². The Kier molecular flexibility index (Phi) is 5.28. The molecule has 0 aliphatic rings.